The van der Waals surface area contributed by atoms with E-state index in [0.29, 0.717) is 49.0 Å². The molecule has 4 aromatic rings. The van der Waals surface area contributed by atoms with Crippen LogP contribution in [0.3, 0.4) is 0 Å². The molecule has 0 aliphatic carbocycles. The SMILES string of the molecule is Cc1cccc(NC(=O)N2CCC(c3nc4c(nnn4Cc4ccccc4Cl)c(=O)[nH]3)CC2)c1. The van der Waals surface area contributed by atoms with Gasteiger partial charge in [-0.05, 0) is 49.1 Å². The van der Waals surface area contributed by atoms with E-state index in [2.05, 4.69) is 20.6 Å². The number of nitrogens with zero attached hydrogens (tertiary/aromatic N) is 5. The van der Waals surface area contributed by atoms with Crippen LogP contribution >= 0.6 is 11.6 Å². The zero-order valence-corrected chi connectivity index (χ0v) is 19.4. The van der Waals surface area contributed by atoms with Gasteiger partial charge in [-0.15, -0.1) is 5.10 Å². The Balaban J connectivity index is 1.31. The van der Waals surface area contributed by atoms with Gasteiger partial charge >= 0.3 is 6.03 Å². The third-order valence-electron chi connectivity index (χ3n) is 6.11. The van der Waals surface area contributed by atoms with Crippen LogP contribution in [-0.4, -0.2) is 49.0 Å². The number of anilines is 1. The number of carbonyl (C=O) groups excluding carboxylic acids is 1. The van der Waals surface area contributed by atoms with Crippen molar-refractivity contribution in [3.63, 3.8) is 0 Å². The monoisotopic (exact) mass is 477 g/mol. The number of likely N-dealkylation sites (tertiary alicyclic amines) is 1. The summed E-state index contributed by atoms with van der Waals surface area (Å²) in [6.07, 6.45) is 1.39. The lowest BCUT2D eigenvalue weighted by Gasteiger charge is -2.31. The van der Waals surface area contributed by atoms with E-state index in [1.807, 2.05) is 55.5 Å². The van der Waals surface area contributed by atoms with Crippen molar-refractivity contribution in [2.45, 2.75) is 32.2 Å². The third-order valence-corrected chi connectivity index (χ3v) is 6.48. The second-order valence-electron chi connectivity index (χ2n) is 8.52. The number of carbonyl (C=O) groups is 1. The Morgan fingerprint density at radius 1 is 1.18 bits per heavy atom. The van der Waals surface area contributed by atoms with Crippen LogP contribution < -0.4 is 10.9 Å². The standard InChI is InChI=1S/C24H24ClN7O2/c1-15-5-4-7-18(13-15)26-24(34)31-11-9-16(10-12-31)21-27-22-20(23(33)28-21)29-30-32(22)14-17-6-2-3-8-19(17)25/h2-8,13,16H,9-12,14H2,1H3,(H,26,34)(H,27,28,33). The Hall–Kier alpha value is -3.72. The minimum Gasteiger partial charge on any atom is -0.324 e. The van der Waals surface area contributed by atoms with Crippen LogP contribution in [0.2, 0.25) is 5.02 Å². The van der Waals surface area contributed by atoms with Crippen molar-refractivity contribution in [3.8, 4) is 0 Å². The largest absolute Gasteiger partial charge is 0.324 e. The van der Waals surface area contributed by atoms with E-state index < -0.39 is 0 Å². The first-order valence-electron chi connectivity index (χ1n) is 11.2. The summed E-state index contributed by atoms with van der Waals surface area (Å²) in [7, 11) is 0. The summed E-state index contributed by atoms with van der Waals surface area (Å²) in [4.78, 5) is 34.7. The lowest BCUT2D eigenvalue weighted by Crippen LogP contribution is -2.41. The number of fused-ring (bicyclic) bond motifs is 1. The van der Waals surface area contributed by atoms with Crippen LogP contribution in [-0.2, 0) is 6.54 Å². The van der Waals surface area contributed by atoms with Crippen LogP contribution in [0.25, 0.3) is 11.2 Å². The van der Waals surface area contributed by atoms with Crippen molar-refractivity contribution in [2.75, 3.05) is 18.4 Å². The lowest BCUT2D eigenvalue weighted by atomic mass is 9.96. The van der Waals surface area contributed by atoms with Gasteiger partial charge in [-0.1, -0.05) is 47.1 Å². The molecule has 1 saturated heterocycles. The van der Waals surface area contributed by atoms with E-state index in [0.717, 1.165) is 16.8 Å². The van der Waals surface area contributed by atoms with Gasteiger partial charge in [0.1, 0.15) is 5.82 Å². The summed E-state index contributed by atoms with van der Waals surface area (Å²) in [5.74, 6) is 0.628. The summed E-state index contributed by atoms with van der Waals surface area (Å²) >= 11 is 6.29. The Labute approximate surface area is 200 Å². The first-order valence-corrected chi connectivity index (χ1v) is 11.5. The summed E-state index contributed by atoms with van der Waals surface area (Å²) in [6, 6.07) is 15.1. The fourth-order valence-electron chi connectivity index (χ4n) is 4.25. The van der Waals surface area contributed by atoms with Crippen molar-refractivity contribution in [1.82, 2.24) is 29.9 Å². The number of urea groups is 1. The normalized spacial score (nSPS) is 14.5. The second-order valence-corrected chi connectivity index (χ2v) is 8.93. The molecule has 2 N–H and O–H groups in total. The van der Waals surface area contributed by atoms with Crippen LogP contribution in [0.5, 0.6) is 0 Å². The molecule has 10 heteroatoms. The van der Waals surface area contributed by atoms with E-state index in [1.54, 1.807) is 9.58 Å². The number of aryl methyl sites for hydroxylation is 1. The average molecular weight is 478 g/mol. The molecule has 34 heavy (non-hydrogen) atoms. The molecule has 2 amide bonds. The van der Waals surface area contributed by atoms with Crippen molar-refractivity contribution >= 4 is 34.5 Å². The Bertz CT molecular complexity index is 1410. The van der Waals surface area contributed by atoms with Gasteiger partial charge in [0, 0.05) is 29.7 Å². The number of amides is 2. The van der Waals surface area contributed by atoms with Gasteiger partial charge in [-0.2, -0.15) is 0 Å². The molecule has 5 rings (SSSR count). The zero-order valence-electron chi connectivity index (χ0n) is 18.7. The first kappa shape index (κ1) is 22.1. The van der Waals surface area contributed by atoms with E-state index >= 15 is 0 Å². The molecule has 0 bridgehead atoms. The van der Waals surface area contributed by atoms with Gasteiger partial charge in [0.05, 0.1) is 6.54 Å². The van der Waals surface area contributed by atoms with Gasteiger partial charge in [0.2, 0.25) is 0 Å². The highest BCUT2D eigenvalue weighted by Crippen LogP contribution is 2.26. The van der Waals surface area contributed by atoms with Crippen LogP contribution in [0, 0.1) is 6.92 Å². The van der Waals surface area contributed by atoms with Gasteiger partial charge in [0.25, 0.3) is 5.56 Å². The first-order chi connectivity index (χ1) is 16.5. The topological polar surface area (TPSA) is 109 Å². The van der Waals surface area contributed by atoms with E-state index in [4.69, 9.17) is 16.6 Å². The second kappa shape index (κ2) is 9.26. The van der Waals surface area contributed by atoms with Gasteiger partial charge in [-0.25, -0.2) is 14.5 Å². The Kier molecular flexibility index (Phi) is 6.02. The van der Waals surface area contributed by atoms with Crippen molar-refractivity contribution in [3.05, 3.63) is 80.9 Å². The summed E-state index contributed by atoms with van der Waals surface area (Å²) in [5, 5.41) is 11.7. The number of H-pyrrole nitrogens is 1. The fourth-order valence-corrected chi connectivity index (χ4v) is 4.45. The molecule has 1 fully saturated rings. The number of nitrogens with one attached hydrogen (secondary N) is 2. The molecule has 1 aliphatic heterocycles. The molecule has 0 radical (unpaired) electrons. The zero-order chi connectivity index (χ0) is 23.7. The molecule has 0 spiro atoms. The fraction of sp³-hybridized carbons (Fsp3) is 0.292. The smallest absolute Gasteiger partial charge is 0.321 e. The quantitative estimate of drug-likeness (QED) is 0.462. The van der Waals surface area contributed by atoms with E-state index in [9.17, 15) is 9.59 Å². The average Bonchev–Trinajstić information content (AvgIpc) is 3.24. The molecule has 0 saturated carbocycles. The Morgan fingerprint density at radius 3 is 2.74 bits per heavy atom. The number of halogens is 1. The van der Waals surface area contributed by atoms with Gasteiger partial charge < -0.3 is 15.2 Å². The molecule has 0 unspecified atom stereocenters. The van der Waals surface area contributed by atoms with E-state index in [1.165, 1.54) is 0 Å². The maximum atomic E-state index is 12.7. The number of rotatable bonds is 4. The third kappa shape index (κ3) is 4.51. The summed E-state index contributed by atoms with van der Waals surface area (Å²) in [5.41, 5.74) is 3.05. The molecular formula is C24H24ClN7O2. The number of aromatic amines is 1. The van der Waals surface area contributed by atoms with Crippen LogP contribution in [0.4, 0.5) is 10.5 Å². The predicted molar refractivity (Wildman–Crippen MR) is 130 cm³/mol. The van der Waals surface area contributed by atoms with Crippen molar-refractivity contribution in [1.29, 1.82) is 0 Å². The highest BCUT2D eigenvalue weighted by Gasteiger charge is 2.26. The number of piperidine rings is 1. The molecule has 9 nitrogen and oxygen atoms in total. The van der Waals surface area contributed by atoms with Crippen molar-refractivity contribution in [2.24, 2.45) is 0 Å². The molecule has 0 atom stereocenters. The maximum absolute atomic E-state index is 12.7. The lowest BCUT2D eigenvalue weighted by molar-refractivity contribution is 0.193. The molecular weight excluding hydrogens is 454 g/mol. The molecule has 2 aromatic heterocycles. The number of aromatic nitrogens is 5. The predicted octanol–water partition coefficient (Wildman–Crippen LogP) is 3.94. The van der Waals surface area contributed by atoms with Crippen LogP contribution in [0.1, 0.15) is 35.7 Å². The Morgan fingerprint density at radius 2 is 1.97 bits per heavy atom. The summed E-state index contributed by atoms with van der Waals surface area (Å²) in [6.45, 7) is 3.49. The van der Waals surface area contributed by atoms with Crippen LogP contribution in [0.15, 0.2) is 53.3 Å². The van der Waals surface area contributed by atoms with E-state index in [-0.39, 0.29) is 23.0 Å². The number of hydrogen-bond donors (Lipinski definition) is 2. The highest BCUT2D eigenvalue weighted by atomic mass is 35.5. The number of hydrogen-bond acceptors (Lipinski definition) is 5. The van der Waals surface area contributed by atoms with Gasteiger partial charge in [0.15, 0.2) is 11.2 Å². The number of benzene rings is 2. The molecule has 1 aliphatic rings. The molecule has 174 valence electrons. The minimum absolute atomic E-state index is 0.0313. The summed E-state index contributed by atoms with van der Waals surface area (Å²) < 4.78 is 1.60. The van der Waals surface area contributed by atoms with Gasteiger partial charge in [-0.3, -0.25) is 4.79 Å². The molecule has 3 heterocycles. The molecule has 2 aromatic carbocycles. The highest BCUT2D eigenvalue weighted by molar-refractivity contribution is 6.31. The minimum atomic E-state index is -0.315. The maximum Gasteiger partial charge on any atom is 0.321 e. The van der Waals surface area contributed by atoms with Crippen molar-refractivity contribution < 1.29 is 4.79 Å².